The first-order valence-electron chi connectivity index (χ1n) is 25.1. The largest absolute Gasteiger partial charge is 0.497 e. The molecule has 1 amide bonds. The maximum atomic E-state index is 18.0. The first-order chi connectivity index (χ1) is 34.6. The van der Waals surface area contributed by atoms with Gasteiger partial charge in [0.2, 0.25) is 0 Å². The van der Waals surface area contributed by atoms with Gasteiger partial charge < -0.3 is 43.9 Å². The smallest absolute Gasteiger partial charge is 0.407 e. The number of anilines is 2. The van der Waals surface area contributed by atoms with Crippen molar-refractivity contribution in [1.82, 2.24) is 25.2 Å². The molecule has 3 fully saturated rings. The number of rotatable bonds is 20. The molecule has 17 heteroatoms. The van der Waals surface area contributed by atoms with E-state index in [1.165, 1.54) is 7.11 Å². The number of hydrogen-bond acceptors (Lipinski definition) is 14. The molecule has 5 heterocycles. The van der Waals surface area contributed by atoms with Crippen LogP contribution in [0.3, 0.4) is 0 Å². The molecular formula is C55H69F2N7O8. The molecule has 2 N–H and O–H groups in total. The van der Waals surface area contributed by atoms with Gasteiger partial charge in [0, 0.05) is 69.6 Å². The van der Waals surface area contributed by atoms with E-state index < -0.39 is 34.8 Å². The van der Waals surface area contributed by atoms with Crippen LogP contribution in [0.25, 0.3) is 22.2 Å². The summed E-state index contributed by atoms with van der Waals surface area (Å²) in [6.45, 7) is 8.44. The van der Waals surface area contributed by atoms with E-state index in [0.29, 0.717) is 81.5 Å². The molecular weight excluding hydrogens is 925 g/mol. The first kappa shape index (κ1) is 52.0. The number of aliphatic hydroxyl groups is 1. The minimum absolute atomic E-state index is 0.00774. The number of halogens is 2. The van der Waals surface area contributed by atoms with Crippen molar-refractivity contribution >= 4 is 34.5 Å². The van der Waals surface area contributed by atoms with Crippen LogP contribution in [-0.4, -0.2) is 121 Å². The van der Waals surface area contributed by atoms with Gasteiger partial charge in [0.15, 0.2) is 5.82 Å². The lowest BCUT2D eigenvalue weighted by atomic mass is 9.89. The highest BCUT2D eigenvalue weighted by molar-refractivity contribution is 5.92. The van der Waals surface area contributed by atoms with Crippen molar-refractivity contribution in [3.63, 3.8) is 0 Å². The summed E-state index contributed by atoms with van der Waals surface area (Å²) < 4.78 is 60.6. The highest BCUT2D eigenvalue weighted by atomic mass is 19.1. The normalized spacial score (nSPS) is 20.0. The van der Waals surface area contributed by atoms with Gasteiger partial charge in [-0.15, -0.1) is 0 Å². The fourth-order valence-corrected chi connectivity index (χ4v) is 10.4. The van der Waals surface area contributed by atoms with Crippen LogP contribution in [-0.2, 0) is 33.8 Å². The van der Waals surface area contributed by atoms with Crippen LogP contribution in [0.2, 0.25) is 0 Å². The highest BCUT2D eigenvalue weighted by Crippen LogP contribution is 2.42. The molecule has 0 spiro atoms. The Balaban J connectivity index is 1.19. The van der Waals surface area contributed by atoms with Gasteiger partial charge in [-0.1, -0.05) is 30.3 Å². The fourth-order valence-electron chi connectivity index (χ4n) is 10.4. The molecule has 2 aromatic heterocycles. The number of benzene rings is 3. The number of carbonyl (C=O) groups is 2. The first-order valence-corrected chi connectivity index (χ1v) is 25.1. The van der Waals surface area contributed by atoms with Crippen molar-refractivity contribution < 1.29 is 47.2 Å². The summed E-state index contributed by atoms with van der Waals surface area (Å²) in [6, 6.07) is 21.7. The second-order valence-electron chi connectivity index (χ2n) is 20.5. The summed E-state index contributed by atoms with van der Waals surface area (Å²) in [4.78, 5) is 45.4. The second kappa shape index (κ2) is 22.6. The van der Waals surface area contributed by atoms with Crippen molar-refractivity contribution in [2.75, 3.05) is 70.5 Å². The number of aryl methyl sites for hydroxylation is 1. The molecule has 0 bridgehead atoms. The van der Waals surface area contributed by atoms with Crippen molar-refractivity contribution in [2.24, 2.45) is 0 Å². The number of alkyl carbamates (subject to hydrolysis) is 1. The number of alkyl halides is 1. The maximum Gasteiger partial charge on any atom is 0.407 e. The Labute approximate surface area is 421 Å². The van der Waals surface area contributed by atoms with Gasteiger partial charge in [0.25, 0.3) is 0 Å². The molecule has 72 heavy (non-hydrogen) atoms. The summed E-state index contributed by atoms with van der Waals surface area (Å²) in [5.41, 5.74) is 1.94. The molecule has 3 atom stereocenters. The predicted molar refractivity (Wildman–Crippen MR) is 272 cm³/mol. The van der Waals surface area contributed by atoms with E-state index in [1.54, 1.807) is 41.2 Å². The van der Waals surface area contributed by atoms with Crippen LogP contribution in [0.15, 0.2) is 72.9 Å². The van der Waals surface area contributed by atoms with E-state index >= 15 is 4.39 Å². The van der Waals surface area contributed by atoms with Gasteiger partial charge in [-0.25, -0.2) is 13.6 Å². The number of ether oxygens (including phenoxy) is 5. The van der Waals surface area contributed by atoms with Gasteiger partial charge in [-0.05, 0) is 132 Å². The average Bonchev–Trinajstić information content (AvgIpc) is 3.89. The zero-order valence-electron chi connectivity index (χ0n) is 42.5. The predicted octanol–water partition coefficient (Wildman–Crippen LogP) is 9.14. The number of amides is 1. The van der Waals surface area contributed by atoms with Crippen molar-refractivity contribution in [3.05, 3.63) is 95.4 Å². The van der Waals surface area contributed by atoms with Gasteiger partial charge >= 0.3 is 18.1 Å². The lowest BCUT2D eigenvalue weighted by molar-refractivity contribution is -0.140. The molecule has 15 nitrogen and oxygen atoms in total. The molecule has 8 rings (SSSR count). The van der Waals surface area contributed by atoms with Crippen LogP contribution in [0.4, 0.5) is 25.1 Å². The lowest BCUT2D eigenvalue weighted by Crippen LogP contribution is -2.50. The summed E-state index contributed by atoms with van der Waals surface area (Å²) in [6.07, 6.45) is 5.33. The van der Waals surface area contributed by atoms with Gasteiger partial charge in [-0.3, -0.25) is 14.7 Å². The molecule has 386 valence electrons. The Morgan fingerprint density at radius 3 is 2.28 bits per heavy atom. The van der Waals surface area contributed by atoms with Crippen molar-refractivity contribution in [2.45, 2.75) is 121 Å². The van der Waals surface area contributed by atoms with Crippen LogP contribution in [0, 0.1) is 5.82 Å². The number of pyridine rings is 1. The molecule has 0 radical (unpaired) electrons. The van der Waals surface area contributed by atoms with Crippen molar-refractivity contribution in [1.29, 1.82) is 0 Å². The quantitative estimate of drug-likeness (QED) is 0.0561. The zero-order valence-corrected chi connectivity index (χ0v) is 42.5. The van der Waals surface area contributed by atoms with E-state index in [4.69, 9.17) is 38.6 Å². The number of β-amino-alcohol motifs (C(OH)–C–C–N with tert-alkyl or cyclic N) is 1. The van der Waals surface area contributed by atoms with E-state index in [1.807, 2.05) is 71.6 Å². The fraction of sp³-hybridized carbons (Fsp3) is 0.509. The van der Waals surface area contributed by atoms with Gasteiger partial charge in [0.1, 0.15) is 46.9 Å². The monoisotopic (exact) mass is 994 g/mol. The van der Waals surface area contributed by atoms with Gasteiger partial charge in [0.05, 0.1) is 37.9 Å². The van der Waals surface area contributed by atoms with Crippen LogP contribution < -0.4 is 29.3 Å². The van der Waals surface area contributed by atoms with Gasteiger partial charge in [-0.2, -0.15) is 9.97 Å². The van der Waals surface area contributed by atoms with Crippen LogP contribution in [0.5, 0.6) is 17.5 Å². The molecule has 1 unspecified atom stereocenters. The summed E-state index contributed by atoms with van der Waals surface area (Å²) in [7, 11) is 4.64. The third kappa shape index (κ3) is 12.6. The summed E-state index contributed by atoms with van der Waals surface area (Å²) >= 11 is 0. The number of piperidine rings is 1. The summed E-state index contributed by atoms with van der Waals surface area (Å²) in [5.74, 6) is 0.867. The van der Waals surface area contributed by atoms with Crippen LogP contribution in [0.1, 0.15) is 95.2 Å². The Morgan fingerprint density at radius 1 is 0.917 bits per heavy atom. The SMILES string of the molecule is COC(=O)CCCCc1ccc(N(Cc2ccc(OC)cc2)Cc2ccc(OC)cc2)cc1-c1ncc2c(N3CCCC(O)(CCNC(=O)OC(C)(C)C)C3)nc(OC[C@@]34CCCN3C[C@H](F)C4)nc2c1F. The summed E-state index contributed by atoms with van der Waals surface area (Å²) in [5, 5.41) is 15.1. The Morgan fingerprint density at radius 2 is 1.61 bits per heavy atom. The van der Waals surface area contributed by atoms with Crippen LogP contribution >= 0.6 is 0 Å². The van der Waals surface area contributed by atoms with E-state index in [0.717, 1.165) is 53.3 Å². The number of carbonyl (C=O) groups excluding carboxylic acids is 2. The van der Waals surface area contributed by atoms with E-state index in [9.17, 15) is 19.1 Å². The lowest BCUT2D eigenvalue weighted by Gasteiger charge is -2.40. The number of unbranched alkanes of at least 4 members (excludes halogenated alkanes) is 1. The second-order valence-corrected chi connectivity index (χ2v) is 20.5. The number of nitrogens with zero attached hydrogens (tertiary/aromatic N) is 6. The number of methoxy groups -OCH3 is 3. The van der Waals surface area contributed by atoms with E-state index in [2.05, 4.69) is 15.1 Å². The Bertz CT molecular complexity index is 2620. The van der Waals surface area contributed by atoms with Crippen molar-refractivity contribution in [3.8, 4) is 28.8 Å². The molecule has 0 saturated carbocycles. The molecule has 5 aromatic rings. The molecule has 3 aliphatic rings. The standard InChI is InChI=1S/C55H69F2N7O8/c1-53(2,3)72-52(66)58-26-25-55(67)24-10-27-62(35-55)50-45-31-59-48(47(57)49(45)60-51(61-50)71-36-54-23-9-28-64(54)34-40(56)30-54)44-29-41(18-17-39(44)11-7-8-12-46(65)70-6)63(32-37-13-19-42(68-4)20-14-37)33-38-15-21-43(69-5)22-16-38/h13-22,29,31,40,67H,7-12,23-28,30,32-36H2,1-6H3,(H,58,66)/t40-,54+,55?/m1/s1. The molecule has 0 aliphatic carbocycles. The number of hydrogen-bond donors (Lipinski definition) is 2. The zero-order chi connectivity index (χ0) is 51.0. The number of fused-ring (bicyclic) bond motifs is 2. The Kier molecular flexibility index (Phi) is 16.3. The maximum absolute atomic E-state index is 18.0. The average molecular weight is 994 g/mol. The minimum atomic E-state index is -1.23. The topological polar surface area (TPSA) is 161 Å². The van der Waals surface area contributed by atoms with E-state index in [-0.39, 0.29) is 55.7 Å². The number of nitrogens with one attached hydrogen (secondary N) is 1. The third-order valence-corrected chi connectivity index (χ3v) is 14.1. The molecule has 3 aliphatic heterocycles. The minimum Gasteiger partial charge on any atom is -0.497 e. The molecule has 3 saturated heterocycles. The highest BCUT2D eigenvalue weighted by Gasteiger charge is 2.49. The number of aromatic nitrogens is 3. The number of esters is 1. The molecule has 3 aromatic carbocycles. The Hall–Kier alpha value is -6.33. The third-order valence-electron chi connectivity index (χ3n) is 14.1.